The van der Waals surface area contributed by atoms with Gasteiger partial charge in [-0.25, -0.2) is 0 Å². The van der Waals surface area contributed by atoms with Gasteiger partial charge < -0.3 is 5.32 Å². The Labute approximate surface area is 123 Å². The summed E-state index contributed by atoms with van der Waals surface area (Å²) in [6.45, 7) is 4.56. The second kappa shape index (κ2) is 6.88. The topological polar surface area (TPSA) is 15.3 Å². The van der Waals surface area contributed by atoms with E-state index in [9.17, 15) is 13.2 Å². The van der Waals surface area contributed by atoms with E-state index in [2.05, 4.69) is 17.1 Å². The van der Waals surface area contributed by atoms with Crippen molar-refractivity contribution in [3.05, 3.63) is 0 Å². The molecule has 2 aliphatic rings. The van der Waals surface area contributed by atoms with Crippen LogP contribution in [-0.2, 0) is 0 Å². The lowest BCUT2D eigenvalue weighted by Crippen LogP contribution is -2.63. The number of piperazine rings is 1. The number of nitrogens with zero attached hydrogens (tertiary/aromatic N) is 1. The highest BCUT2D eigenvalue weighted by molar-refractivity contribution is 8.00. The van der Waals surface area contributed by atoms with Crippen molar-refractivity contribution in [2.75, 3.05) is 25.4 Å². The molecule has 6 heteroatoms. The average Bonchev–Trinajstić information content (AvgIpc) is 2.80. The lowest BCUT2D eigenvalue weighted by Gasteiger charge is -2.46. The maximum atomic E-state index is 12.3. The fourth-order valence-electron chi connectivity index (χ4n) is 3.58. The SMILES string of the molecule is CCCC1CNC2(CCCC2)CN1CCSC(F)(F)F. The van der Waals surface area contributed by atoms with E-state index < -0.39 is 5.51 Å². The first-order chi connectivity index (χ1) is 9.44. The van der Waals surface area contributed by atoms with Crippen molar-refractivity contribution in [3.63, 3.8) is 0 Å². The molecule has 0 radical (unpaired) electrons. The predicted molar refractivity (Wildman–Crippen MR) is 78.0 cm³/mol. The van der Waals surface area contributed by atoms with Crippen LogP contribution in [0.2, 0.25) is 0 Å². The number of hydrogen-bond donors (Lipinski definition) is 1. The fraction of sp³-hybridized carbons (Fsp3) is 1.00. The molecule has 1 N–H and O–H groups in total. The van der Waals surface area contributed by atoms with E-state index in [1.54, 1.807) is 0 Å². The molecular formula is C14H25F3N2S. The molecule has 1 saturated heterocycles. The standard InChI is InChI=1S/C14H25F3N2S/c1-2-5-12-10-18-13(6-3-4-7-13)11-19(12)8-9-20-14(15,16)17/h12,18H,2-11H2,1H3. The van der Waals surface area contributed by atoms with Crippen LogP contribution in [0.4, 0.5) is 13.2 Å². The number of rotatable bonds is 5. The highest BCUT2D eigenvalue weighted by atomic mass is 32.2. The molecule has 118 valence electrons. The van der Waals surface area contributed by atoms with Gasteiger partial charge in [-0.3, -0.25) is 4.90 Å². The van der Waals surface area contributed by atoms with Crippen molar-refractivity contribution in [1.82, 2.24) is 10.2 Å². The zero-order valence-corrected chi connectivity index (χ0v) is 13.0. The molecule has 0 aromatic rings. The Morgan fingerprint density at radius 2 is 2.00 bits per heavy atom. The van der Waals surface area contributed by atoms with Crippen LogP contribution in [0.15, 0.2) is 0 Å². The van der Waals surface area contributed by atoms with Crippen LogP contribution < -0.4 is 5.32 Å². The van der Waals surface area contributed by atoms with Gasteiger partial charge in [-0.05, 0) is 31.0 Å². The molecule has 0 aromatic heterocycles. The highest BCUT2D eigenvalue weighted by Crippen LogP contribution is 2.35. The average molecular weight is 310 g/mol. The van der Waals surface area contributed by atoms with Crippen molar-refractivity contribution in [3.8, 4) is 0 Å². The number of nitrogens with one attached hydrogen (secondary N) is 1. The third-order valence-electron chi connectivity index (χ3n) is 4.56. The summed E-state index contributed by atoms with van der Waals surface area (Å²) in [5, 5.41) is 3.70. The Kier molecular flexibility index (Phi) is 5.65. The number of hydrogen-bond acceptors (Lipinski definition) is 3. The molecule has 2 nitrogen and oxygen atoms in total. The second-order valence-corrected chi connectivity index (χ2v) is 7.24. The summed E-state index contributed by atoms with van der Waals surface area (Å²) in [4.78, 5) is 2.31. The first-order valence-corrected chi connectivity index (χ1v) is 8.62. The van der Waals surface area contributed by atoms with E-state index in [4.69, 9.17) is 0 Å². The van der Waals surface area contributed by atoms with Crippen molar-refractivity contribution in [2.45, 2.75) is 62.5 Å². The van der Waals surface area contributed by atoms with E-state index in [0.29, 0.717) is 12.6 Å². The van der Waals surface area contributed by atoms with Crippen LogP contribution in [0.5, 0.6) is 0 Å². The van der Waals surface area contributed by atoms with Crippen LogP contribution in [0.3, 0.4) is 0 Å². The van der Waals surface area contributed by atoms with Gasteiger partial charge in [0.05, 0.1) is 0 Å². The number of halogens is 3. The second-order valence-electron chi connectivity index (χ2n) is 6.08. The monoisotopic (exact) mass is 310 g/mol. The first-order valence-electron chi connectivity index (χ1n) is 7.64. The molecule has 20 heavy (non-hydrogen) atoms. The van der Waals surface area contributed by atoms with Crippen molar-refractivity contribution < 1.29 is 13.2 Å². The Balaban J connectivity index is 1.89. The molecule has 1 atom stereocenters. The summed E-state index contributed by atoms with van der Waals surface area (Å²) in [6, 6.07) is 0.403. The molecular weight excluding hydrogens is 285 g/mol. The lowest BCUT2D eigenvalue weighted by molar-refractivity contribution is -0.0330. The van der Waals surface area contributed by atoms with Crippen LogP contribution in [-0.4, -0.2) is 47.4 Å². The van der Waals surface area contributed by atoms with Gasteiger partial charge in [0.15, 0.2) is 0 Å². The van der Waals surface area contributed by atoms with Crippen molar-refractivity contribution >= 4 is 11.8 Å². The van der Waals surface area contributed by atoms with Gasteiger partial charge in [-0.15, -0.1) is 0 Å². The Morgan fingerprint density at radius 1 is 1.30 bits per heavy atom. The minimum Gasteiger partial charge on any atom is -0.308 e. The van der Waals surface area contributed by atoms with E-state index in [1.807, 2.05) is 0 Å². The fourth-order valence-corrected chi connectivity index (χ4v) is 4.14. The smallest absolute Gasteiger partial charge is 0.308 e. The maximum absolute atomic E-state index is 12.3. The molecule has 2 fully saturated rings. The maximum Gasteiger partial charge on any atom is 0.441 e. The predicted octanol–water partition coefficient (Wildman–Crippen LogP) is 3.63. The molecule has 1 aliphatic heterocycles. The van der Waals surface area contributed by atoms with E-state index in [1.165, 1.54) is 25.7 Å². The third kappa shape index (κ3) is 4.53. The molecule has 1 unspecified atom stereocenters. The van der Waals surface area contributed by atoms with Gasteiger partial charge in [0.2, 0.25) is 0 Å². The van der Waals surface area contributed by atoms with Gasteiger partial charge in [0.25, 0.3) is 0 Å². The Bertz CT molecular complexity index is 303. The van der Waals surface area contributed by atoms with E-state index >= 15 is 0 Å². The third-order valence-corrected chi connectivity index (χ3v) is 5.28. The molecule has 1 aliphatic carbocycles. The van der Waals surface area contributed by atoms with Gasteiger partial charge in [0, 0.05) is 37.0 Å². The van der Waals surface area contributed by atoms with Gasteiger partial charge >= 0.3 is 5.51 Å². The van der Waals surface area contributed by atoms with Crippen molar-refractivity contribution in [1.29, 1.82) is 0 Å². The Hall–Kier alpha value is 0.0600. The molecule has 1 saturated carbocycles. The molecule has 0 amide bonds. The first kappa shape index (κ1) is 16.4. The van der Waals surface area contributed by atoms with Gasteiger partial charge in [-0.2, -0.15) is 13.2 Å². The molecule has 0 bridgehead atoms. The van der Waals surface area contributed by atoms with Gasteiger partial charge in [0.1, 0.15) is 0 Å². The molecule has 0 aromatic carbocycles. The minimum absolute atomic E-state index is 0.116. The zero-order valence-electron chi connectivity index (χ0n) is 12.1. The van der Waals surface area contributed by atoms with Crippen LogP contribution in [0.1, 0.15) is 45.4 Å². The number of thioether (sulfide) groups is 1. The lowest BCUT2D eigenvalue weighted by atomic mass is 9.91. The number of alkyl halides is 3. The summed E-state index contributed by atoms with van der Waals surface area (Å²) in [5.41, 5.74) is -3.91. The van der Waals surface area contributed by atoms with Crippen LogP contribution >= 0.6 is 11.8 Å². The molecule has 2 rings (SSSR count). The summed E-state index contributed by atoms with van der Waals surface area (Å²) >= 11 is 0.116. The summed E-state index contributed by atoms with van der Waals surface area (Å²) < 4.78 is 36.8. The summed E-state index contributed by atoms with van der Waals surface area (Å²) in [6.07, 6.45) is 7.00. The van der Waals surface area contributed by atoms with Gasteiger partial charge in [-0.1, -0.05) is 26.2 Å². The van der Waals surface area contributed by atoms with E-state index in [0.717, 1.165) is 25.9 Å². The zero-order chi connectivity index (χ0) is 14.6. The summed E-state index contributed by atoms with van der Waals surface area (Å²) in [7, 11) is 0. The van der Waals surface area contributed by atoms with E-state index in [-0.39, 0.29) is 23.1 Å². The quantitative estimate of drug-likeness (QED) is 0.835. The Morgan fingerprint density at radius 3 is 2.60 bits per heavy atom. The normalized spacial score (nSPS) is 27.3. The van der Waals surface area contributed by atoms with Crippen LogP contribution in [0.25, 0.3) is 0 Å². The van der Waals surface area contributed by atoms with Crippen molar-refractivity contribution in [2.24, 2.45) is 0 Å². The largest absolute Gasteiger partial charge is 0.441 e. The summed E-state index contributed by atoms with van der Waals surface area (Å²) in [5.74, 6) is 0.153. The van der Waals surface area contributed by atoms with Crippen LogP contribution in [0, 0.1) is 0 Å². The highest BCUT2D eigenvalue weighted by Gasteiger charge is 2.40. The molecule has 1 spiro atoms. The minimum atomic E-state index is -4.10. The molecule has 1 heterocycles.